The van der Waals surface area contributed by atoms with Gasteiger partial charge >= 0.3 is 5.97 Å². The van der Waals surface area contributed by atoms with Crippen LogP contribution in [0.15, 0.2) is 91.0 Å². The van der Waals surface area contributed by atoms with Gasteiger partial charge in [0.1, 0.15) is 11.6 Å². The van der Waals surface area contributed by atoms with E-state index in [2.05, 4.69) is 51.4 Å². The van der Waals surface area contributed by atoms with Gasteiger partial charge in [0.25, 0.3) is 5.91 Å². The van der Waals surface area contributed by atoms with Crippen LogP contribution in [0.1, 0.15) is 114 Å². The lowest BCUT2D eigenvalue weighted by Crippen LogP contribution is -2.54. The predicted octanol–water partition coefficient (Wildman–Crippen LogP) is 9.91. The van der Waals surface area contributed by atoms with Crippen molar-refractivity contribution in [1.82, 2.24) is 30.0 Å². The average molecular weight is 1010 g/mol. The highest BCUT2D eigenvalue weighted by atomic mass is 32.1. The van der Waals surface area contributed by atoms with Gasteiger partial charge in [0.05, 0.1) is 39.1 Å². The lowest BCUT2D eigenvalue weighted by Gasteiger charge is -2.45. The van der Waals surface area contributed by atoms with Crippen LogP contribution in [0.5, 0.6) is 5.75 Å². The number of nitrogens with zero attached hydrogens (tertiary/aromatic N) is 7. The Kier molecular flexibility index (Phi) is 13.4. The first kappa shape index (κ1) is 49.1. The number of carbonyl (C=O) groups excluding carboxylic acids is 3. The maximum absolute atomic E-state index is 13.7. The molecule has 3 N–H and O–H groups in total. The summed E-state index contributed by atoms with van der Waals surface area (Å²) >= 11 is 1.44. The highest BCUT2D eigenvalue weighted by Gasteiger charge is 2.35. The molecular formula is C58H63N9O6S. The van der Waals surface area contributed by atoms with Gasteiger partial charge in [-0.3, -0.25) is 34.6 Å². The number of amides is 3. The van der Waals surface area contributed by atoms with E-state index >= 15 is 0 Å². The van der Waals surface area contributed by atoms with Gasteiger partial charge < -0.3 is 19.6 Å². The van der Waals surface area contributed by atoms with Gasteiger partial charge in [-0.15, -0.1) is 0 Å². The molecule has 16 heteroatoms. The molecule has 3 amide bonds. The second kappa shape index (κ2) is 20.3. The molecule has 74 heavy (non-hydrogen) atoms. The van der Waals surface area contributed by atoms with Gasteiger partial charge in [-0.2, -0.15) is 5.10 Å². The van der Waals surface area contributed by atoms with E-state index < -0.39 is 11.9 Å². The number of fused-ring (bicyclic) bond motifs is 3. The number of imide groups is 1. The number of piperazine rings is 1. The number of carbonyl (C=O) groups is 4. The van der Waals surface area contributed by atoms with Gasteiger partial charge in [0.2, 0.25) is 11.8 Å². The van der Waals surface area contributed by atoms with Crippen molar-refractivity contribution in [2.24, 2.45) is 13.0 Å². The van der Waals surface area contributed by atoms with Crippen LogP contribution in [0.25, 0.3) is 32.2 Å². The molecule has 3 aromatic heterocycles. The Bertz CT molecular complexity index is 3280. The van der Waals surface area contributed by atoms with Gasteiger partial charge in [-0.1, -0.05) is 59.9 Å². The lowest BCUT2D eigenvalue weighted by molar-refractivity contribution is -0.134. The number of piperidine rings is 1. The van der Waals surface area contributed by atoms with Crippen LogP contribution in [0.2, 0.25) is 0 Å². The second-order valence-electron chi connectivity index (χ2n) is 21.1. The molecule has 1 aliphatic carbocycles. The number of pyridine rings is 1. The zero-order valence-electron chi connectivity index (χ0n) is 42.5. The summed E-state index contributed by atoms with van der Waals surface area (Å²) in [5.41, 5.74) is 8.52. The molecule has 2 saturated heterocycles. The van der Waals surface area contributed by atoms with Crippen LogP contribution in [0.3, 0.4) is 0 Å². The number of hydrogen-bond acceptors (Lipinski definition) is 12. The van der Waals surface area contributed by atoms with Crippen LogP contribution >= 0.6 is 11.3 Å². The van der Waals surface area contributed by atoms with E-state index in [-0.39, 0.29) is 35.1 Å². The third-order valence-electron chi connectivity index (χ3n) is 16.2. The molecule has 1 unspecified atom stereocenters. The number of rotatable bonds is 13. The molecule has 6 heterocycles. The van der Waals surface area contributed by atoms with Gasteiger partial charge in [-0.25, -0.2) is 14.8 Å². The first-order valence-corrected chi connectivity index (χ1v) is 26.9. The van der Waals surface area contributed by atoms with Crippen molar-refractivity contribution in [3.05, 3.63) is 125 Å². The number of aromatic nitrogens is 4. The number of ether oxygens (including phenoxy) is 1. The molecule has 1 atom stereocenters. The minimum Gasteiger partial charge on any atom is -0.490 e. The molecule has 382 valence electrons. The van der Waals surface area contributed by atoms with Crippen molar-refractivity contribution in [3.8, 4) is 16.9 Å². The van der Waals surface area contributed by atoms with Crippen LogP contribution in [0.4, 0.5) is 16.6 Å². The Hall–Kier alpha value is -7.17. The van der Waals surface area contributed by atoms with Crippen molar-refractivity contribution >= 4 is 72.8 Å². The number of aryl methyl sites for hydroxylation is 1. The molecule has 4 aliphatic rings. The normalized spacial score (nSPS) is 19.6. The predicted molar refractivity (Wildman–Crippen MR) is 289 cm³/mol. The quantitative estimate of drug-likeness (QED) is 0.0935. The SMILES string of the molecule is Cc1c(O[C@H]2CC[C@H](CCC(C)(C)N3CCN(c4cccc5c(C6CCC(=O)NC6=O)nn(C)c45)CC3)CC2)cccc1-c1ccc(N2CCc3cccc(C(=O)Nc4nc5ccccc5s4)c3C2)nc1C(=O)O. The number of hydrogen-bond donors (Lipinski definition) is 3. The van der Waals surface area contributed by atoms with E-state index in [1.54, 1.807) is 0 Å². The number of carboxylic acids is 1. The first-order valence-electron chi connectivity index (χ1n) is 26.1. The lowest BCUT2D eigenvalue weighted by atomic mass is 9.81. The zero-order valence-corrected chi connectivity index (χ0v) is 43.3. The molecule has 7 aromatic rings. The topological polar surface area (TPSA) is 175 Å². The summed E-state index contributed by atoms with van der Waals surface area (Å²) in [6.07, 6.45) is 8.00. The van der Waals surface area contributed by atoms with Crippen molar-refractivity contribution < 1.29 is 29.0 Å². The van der Waals surface area contributed by atoms with E-state index in [0.717, 1.165) is 119 Å². The molecule has 15 nitrogen and oxygen atoms in total. The molecule has 0 bridgehead atoms. The highest BCUT2D eigenvalue weighted by molar-refractivity contribution is 7.22. The maximum Gasteiger partial charge on any atom is 0.355 e. The Labute approximate surface area is 434 Å². The van der Waals surface area contributed by atoms with E-state index in [1.165, 1.54) is 17.8 Å². The Balaban J connectivity index is 0.689. The number of benzene rings is 4. The number of anilines is 3. The summed E-state index contributed by atoms with van der Waals surface area (Å²) in [5.74, 6) is -0.296. The van der Waals surface area contributed by atoms with E-state index in [0.29, 0.717) is 60.3 Å². The summed E-state index contributed by atoms with van der Waals surface area (Å²) in [6.45, 7) is 11.5. The largest absolute Gasteiger partial charge is 0.490 e. The summed E-state index contributed by atoms with van der Waals surface area (Å²) in [4.78, 5) is 67.8. The Morgan fingerprint density at radius 1 is 0.838 bits per heavy atom. The number of aromatic carboxylic acids is 1. The van der Waals surface area contributed by atoms with Crippen molar-refractivity contribution in [1.29, 1.82) is 0 Å². The molecular weight excluding hydrogens is 951 g/mol. The average Bonchev–Trinajstić information content (AvgIpc) is 3.98. The second-order valence-corrected chi connectivity index (χ2v) is 22.2. The fraction of sp³-hybridized carbons (Fsp3) is 0.397. The first-order chi connectivity index (χ1) is 35.8. The van der Waals surface area contributed by atoms with E-state index in [1.807, 2.05) is 102 Å². The Morgan fingerprint density at radius 3 is 2.41 bits per heavy atom. The van der Waals surface area contributed by atoms with Gasteiger partial charge in [0, 0.05) is 74.8 Å². The van der Waals surface area contributed by atoms with E-state index in [9.17, 15) is 24.3 Å². The fourth-order valence-corrected chi connectivity index (χ4v) is 12.8. The number of nitrogens with one attached hydrogen (secondary N) is 2. The van der Waals surface area contributed by atoms with Crippen LogP contribution in [0, 0.1) is 12.8 Å². The molecule has 1 saturated carbocycles. The van der Waals surface area contributed by atoms with Crippen LogP contribution < -0.4 is 25.2 Å². The van der Waals surface area contributed by atoms with E-state index in [4.69, 9.17) is 14.8 Å². The number of para-hydroxylation sites is 2. The number of thiazole rings is 1. The standard InChI is InChI=1S/C58H63N9O6S/c1-35-39(40-22-24-49(60-52(40)56(71)72)66-29-27-37-10-7-12-41(44(37)34-66)54(69)62-57-59-45-14-5-6-17-48(45)74-57)11-9-16-47(35)73-38-20-18-36(19-21-38)26-28-58(2,3)67-32-30-65(31-33-67)46-15-8-13-42-51(63-64(4)53(42)46)43-23-25-50(68)61-55(43)70/h5-17,22,24,36,38,43H,18-21,23,25-34H2,1-4H3,(H,71,72)(H,59,62,69)(H,61,68,70)/t36-,38-,43?. The molecule has 11 rings (SSSR count). The molecule has 3 aliphatic heterocycles. The molecule has 0 radical (unpaired) electrons. The highest BCUT2D eigenvalue weighted by Crippen LogP contribution is 2.40. The molecule has 4 aromatic carbocycles. The summed E-state index contributed by atoms with van der Waals surface area (Å²) in [7, 11) is 1.94. The molecule has 3 fully saturated rings. The minimum atomic E-state index is -1.10. The van der Waals surface area contributed by atoms with Crippen molar-refractivity contribution in [2.45, 2.75) is 103 Å². The third-order valence-corrected chi connectivity index (χ3v) is 17.1. The smallest absolute Gasteiger partial charge is 0.355 e. The molecule has 0 spiro atoms. The summed E-state index contributed by atoms with van der Waals surface area (Å²) in [5, 5.41) is 22.4. The van der Waals surface area contributed by atoms with Crippen LogP contribution in [-0.2, 0) is 29.6 Å². The van der Waals surface area contributed by atoms with Crippen LogP contribution in [-0.4, -0.2) is 97.8 Å². The minimum absolute atomic E-state index is 0.0230. The maximum atomic E-state index is 13.7. The number of carboxylic acid groups (broad SMARTS) is 1. The summed E-state index contributed by atoms with van der Waals surface area (Å²) in [6, 6.07) is 29.5. The van der Waals surface area contributed by atoms with Crippen molar-refractivity contribution in [3.63, 3.8) is 0 Å². The third kappa shape index (κ3) is 9.72. The van der Waals surface area contributed by atoms with Gasteiger partial charge in [-0.05, 0) is 143 Å². The van der Waals surface area contributed by atoms with Gasteiger partial charge in [0.15, 0.2) is 10.8 Å². The monoisotopic (exact) mass is 1010 g/mol. The fourth-order valence-electron chi connectivity index (χ4n) is 11.9. The summed E-state index contributed by atoms with van der Waals surface area (Å²) < 4.78 is 9.63. The Morgan fingerprint density at radius 2 is 1.62 bits per heavy atom. The van der Waals surface area contributed by atoms with Crippen molar-refractivity contribution in [2.75, 3.05) is 47.8 Å². The zero-order chi connectivity index (χ0) is 51.3.